The lowest BCUT2D eigenvalue weighted by molar-refractivity contribution is -0.113. The maximum Gasteiger partial charge on any atom is 0.277 e. The van der Waals surface area contributed by atoms with E-state index in [2.05, 4.69) is 31.4 Å². The van der Waals surface area contributed by atoms with Gasteiger partial charge in [-0.15, -0.1) is 10.2 Å². The van der Waals surface area contributed by atoms with Crippen LogP contribution in [-0.2, 0) is 4.79 Å². The molecule has 0 bridgehead atoms. The maximum absolute atomic E-state index is 12.2. The van der Waals surface area contributed by atoms with E-state index in [9.17, 15) is 4.79 Å². The van der Waals surface area contributed by atoms with Crippen molar-refractivity contribution in [2.75, 3.05) is 17.7 Å². The van der Waals surface area contributed by atoms with Gasteiger partial charge in [0.15, 0.2) is 0 Å². The fourth-order valence-corrected chi connectivity index (χ4v) is 2.97. The molecular formula is C18H16BrN3O3S. The Bertz CT molecular complexity index is 883. The van der Waals surface area contributed by atoms with Crippen LogP contribution >= 0.6 is 27.7 Å². The van der Waals surface area contributed by atoms with Crippen LogP contribution in [0.3, 0.4) is 0 Å². The second-order valence-corrected chi connectivity index (χ2v) is 6.99. The number of ether oxygens (including phenoxy) is 1. The summed E-state index contributed by atoms with van der Waals surface area (Å²) in [5.74, 6) is 1.04. The molecule has 6 nitrogen and oxygen atoms in total. The predicted molar refractivity (Wildman–Crippen MR) is 104 cm³/mol. The standard InChI is InChI=1S/C18H16BrN3O3S/c1-2-24-15-6-4-3-5-14(15)20-16(23)11-26-18-22-21-17(25-18)12-7-9-13(19)10-8-12/h3-10H,2,11H2,1H3,(H,20,23). The van der Waals surface area contributed by atoms with E-state index in [4.69, 9.17) is 9.15 Å². The van der Waals surface area contributed by atoms with Gasteiger partial charge >= 0.3 is 0 Å². The smallest absolute Gasteiger partial charge is 0.277 e. The SMILES string of the molecule is CCOc1ccccc1NC(=O)CSc1nnc(-c2ccc(Br)cc2)o1. The Balaban J connectivity index is 1.58. The zero-order chi connectivity index (χ0) is 18.4. The van der Waals surface area contributed by atoms with Crippen LogP contribution in [0.4, 0.5) is 5.69 Å². The summed E-state index contributed by atoms with van der Waals surface area (Å²) in [7, 11) is 0. The minimum atomic E-state index is -0.175. The van der Waals surface area contributed by atoms with Crippen LogP contribution in [0.5, 0.6) is 5.75 Å². The van der Waals surface area contributed by atoms with Gasteiger partial charge in [0, 0.05) is 10.0 Å². The highest BCUT2D eigenvalue weighted by atomic mass is 79.9. The number of hydrogen-bond acceptors (Lipinski definition) is 6. The largest absolute Gasteiger partial charge is 0.492 e. The second kappa shape index (κ2) is 8.86. The Morgan fingerprint density at radius 3 is 2.73 bits per heavy atom. The topological polar surface area (TPSA) is 77.2 Å². The van der Waals surface area contributed by atoms with E-state index in [0.29, 0.717) is 29.2 Å². The third kappa shape index (κ3) is 4.86. The summed E-state index contributed by atoms with van der Waals surface area (Å²) in [6.45, 7) is 2.43. The number of halogens is 1. The highest BCUT2D eigenvalue weighted by molar-refractivity contribution is 9.10. The molecule has 2 aromatic carbocycles. The molecule has 0 atom stereocenters. The molecule has 0 unspecified atom stereocenters. The number of anilines is 1. The molecule has 1 N–H and O–H groups in total. The molecule has 8 heteroatoms. The summed E-state index contributed by atoms with van der Waals surface area (Å²) in [5, 5.41) is 11.2. The van der Waals surface area contributed by atoms with Crippen molar-refractivity contribution in [3.63, 3.8) is 0 Å². The lowest BCUT2D eigenvalue weighted by Gasteiger charge is -2.10. The number of nitrogens with one attached hydrogen (secondary N) is 1. The number of hydrogen-bond donors (Lipinski definition) is 1. The van der Waals surface area contributed by atoms with E-state index in [1.165, 1.54) is 11.8 Å². The van der Waals surface area contributed by atoms with E-state index in [-0.39, 0.29) is 11.7 Å². The maximum atomic E-state index is 12.2. The van der Waals surface area contributed by atoms with Crippen LogP contribution < -0.4 is 10.1 Å². The molecule has 0 saturated carbocycles. The van der Waals surface area contributed by atoms with Crippen molar-refractivity contribution >= 4 is 39.3 Å². The Kier molecular flexibility index (Phi) is 6.30. The van der Waals surface area contributed by atoms with Crippen molar-refractivity contribution in [2.45, 2.75) is 12.1 Å². The third-order valence-corrected chi connectivity index (χ3v) is 4.63. The van der Waals surface area contributed by atoms with E-state index in [0.717, 1.165) is 10.0 Å². The van der Waals surface area contributed by atoms with Gasteiger partial charge in [0.1, 0.15) is 5.75 Å². The van der Waals surface area contributed by atoms with Crippen molar-refractivity contribution in [1.29, 1.82) is 0 Å². The molecule has 0 aliphatic rings. The highest BCUT2D eigenvalue weighted by Gasteiger charge is 2.12. The number of rotatable bonds is 7. The summed E-state index contributed by atoms with van der Waals surface area (Å²) < 4.78 is 12.1. The fourth-order valence-electron chi connectivity index (χ4n) is 2.14. The summed E-state index contributed by atoms with van der Waals surface area (Å²) in [6.07, 6.45) is 0. The van der Waals surface area contributed by atoms with Crippen molar-refractivity contribution in [3.8, 4) is 17.2 Å². The Labute approximate surface area is 163 Å². The van der Waals surface area contributed by atoms with Crippen molar-refractivity contribution in [2.24, 2.45) is 0 Å². The molecule has 0 radical (unpaired) electrons. The van der Waals surface area contributed by atoms with Crippen molar-refractivity contribution in [1.82, 2.24) is 10.2 Å². The van der Waals surface area contributed by atoms with Gasteiger partial charge in [0.05, 0.1) is 18.0 Å². The minimum absolute atomic E-state index is 0.155. The van der Waals surface area contributed by atoms with E-state index in [1.54, 1.807) is 6.07 Å². The number of nitrogens with zero attached hydrogens (tertiary/aromatic N) is 2. The number of benzene rings is 2. The lowest BCUT2D eigenvalue weighted by Crippen LogP contribution is -2.14. The number of carbonyl (C=O) groups excluding carboxylic acids is 1. The van der Waals surface area contributed by atoms with Crippen LogP contribution in [0, 0.1) is 0 Å². The second-order valence-electron chi connectivity index (χ2n) is 5.15. The van der Waals surface area contributed by atoms with Gasteiger partial charge in [-0.1, -0.05) is 39.8 Å². The van der Waals surface area contributed by atoms with E-state index >= 15 is 0 Å². The molecule has 0 fully saturated rings. The first-order chi connectivity index (χ1) is 12.7. The average molecular weight is 434 g/mol. The summed E-state index contributed by atoms with van der Waals surface area (Å²) in [4.78, 5) is 12.2. The van der Waals surface area contributed by atoms with Crippen LogP contribution in [-0.4, -0.2) is 28.5 Å². The molecule has 1 aromatic heterocycles. The summed E-state index contributed by atoms with van der Waals surface area (Å²) in [6, 6.07) is 14.9. The third-order valence-electron chi connectivity index (χ3n) is 3.29. The number of amides is 1. The molecule has 26 heavy (non-hydrogen) atoms. The Morgan fingerprint density at radius 1 is 1.19 bits per heavy atom. The lowest BCUT2D eigenvalue weighted by atomic mass is 10.2. The van der Waals surface area contributed by atoms with Gasteiger partial charge in [-0.05, 0) is 43.3 Å². The first-order valence-corrected chi connectivity index (χ1v) is 9.67. The van der Waals surface area contributed by atoms with Gasteiger partial charge in [0.2, 0.25) is 11.8 Å². The number of para-hydroxylation sites is 2. The fraction of sp³-hybridized carbons (Fsp3) is 0.167. The molecule has 3 rings (SSSR count). The van der Waals surface area contributed by atoms with Gasteiger partial charge in [-0.3, -0.25) is 4.79 Å². The van der Waals surface area contributed by atoms with Crippen LogP contribution in [0.15, 0.2) is 62.6 Å². The molecular weight excluding hydrogens is 418 g/mol. The summed E-state index contributed by atoms with van der Waals surface area (Å²) >= 11 is 4.57. The minimum Gasteiger partial charge on any atom is -0.492 e. The molecule has 134 valence electrons. The van der Waals surface area contributed by atoms with E-state index < -0.39 is 0 Å². The highest BCUT2D eigenvalue weighted by Crippen LogP contribution is 2.26. The first kappa shape index (κ1) is 18.5. The zero-order valence-corrected chi connectivity index (χ0v) is 16.3. The van der Waals surface area contributed by atoms with Gasteiger partial charge in [-0.2, -0.15) is 0 Å². The Hall–Kier alpha value is -2.32. The molecule has 1 heterocycles. The van der Waals surface area contributed by atoms with Crippen molar-refractivity contribution < 1.29 is 13.9 Å². The van der Waals surface area contributed by atoms with Crippen molar-refractivity contribution in [3.05, 3.63) is 53.0 Å². The molecule has 0 aliphatic heterocycles. The van der Waals surface area contributed by atoms with Crippen LogP contribution in [0.1, 0.15) is 6.92 Å². The molecule has 3 aromatic rings. The molecule has 0 spiro atoms. The van der Waals surface area contributed by atoms with E-state index in [1.807, 2.05) is 49.4 Å². The predicted octanol–water partition coefficient (Wildman–Crippen LogP) is 4.63. The van der Waals surface area contributed by atoms with Gasteiger partial charge in [0.25, 0.3) is 5.22 Å². The van der Waals surface area contributed by atoms with Gasteiger partial charge < -0.3 is 14.5 Å². The quantitative estimate of drug-likeness (QED) is 0.547. The molecule has 0 saturated heterocycles. The van der Waals surface area contributed by atoms with Gasteiger partial charge in [-0.25, -0.2) is 0 Å². The van der Waals surface area contributed by atoms with Crippen LogP contribution in [0.25, 0.3) is 11.5 Å². The first-order valence-electron chi connectivity index (χ1n) is 7.89. The molecule has 0 aliphatic carbocycles. The van der Waals surface area contributed by atoms with Crippen LogP contribution in [0.2, 0.25) is 0 Å². The number of thioether (sulfide) groups is 1. The monoisotopic (exact) mass is 433 g/mol. The Morgan fingerprint density at radius 2 is 1.96 bits per heavy atom. The number of carbonyl (C=O) groups is 1. The summed E-state index contributed by atoms with van der Waals surface area (Å²) in [5.41, 5.74) is 1.46. The average Bonchev–Trinajstić information content (AvgIpc) is 3.11. The number of aromatic nitrogens is 2. The molecule has 1 amide bonds. The zero-order valence-electron chi connectivity index (χ0n) is 13.9. The normalized spacial score (nSPS) is 10.5.